The van der Waals surface area contributed by atoms with E-state index in [0.29, 0.717) is 18.2 Å². The Morgan fingerprint density at radius 1 is 1.04 bits per heavy atom. The molecule has 0 aliphatic heterocycles. The van der Waals surface area contributed by atoms with Gasteiger partial charge in [-0.25, -0.2) is 17.2 Å². The molecule has 0 radical (unpaired) electrons. The van der Waals surface area contributed by atoms with E-state index in [1.54, 1.807) is 23.9 Å². The highest BCUT2D eigenvalue weighted by Crippen LogP contribution is 2.20. The van der Waals surface area contributed by atoms with Crippen molar-refractivity contribution < 1.29 is 22.0 Å². The maximum absolute atomic E-state index is 13.2. The Labute approximate surface area is 155 Å². The van der Waals surface area contributed by atoms with Crippen LogP contribution in [0.5, 0.6) is 0 Å². The number of amides is 1. The van der Waals surface area contributed by atoms with Crippen molar-refractivity contribution in [3.8, 4) is 0 Å². The number of halogens is 2. The fourth-order valence-electron chi connectivity index (χ4n) is 2.01. The lowest BCUT2D eigenvalue weighted by Crippen LogP contribution is -2.14. The minimum Gasteiger partial charge on any atom is -0.326 e. The van der Waals surface area contributed by atoms with E-state index in [1.165, 1.54) is 12.1 Å². The van der Waals surface area contributed by atoms with Crippen molar-refractivity contribution in [1.29, 1.82) is 0 Å². The predicted molar refractivity (Wildman–Crippen MR) is 99.9 cm³/mol. The largest absolute Gasteiger partial charge is 0.326 e. The van der Waals surface area contributed by atoms with Crippen LogP contribution < -0.4 is 10.0 Å². The lowest BCUT2D eigenvalue weighted by Gasteiger charge is -2.10. The summed E-state index contributed by atoms with van der Waals surface area (Å²) in [6.45, 7) is 2.02. The van der Waals surface area contributed by atoms with Crippen LogP contribution in [0.4, 0.5) is 20.2 Å². The summed E-state index contributed by atoms with van der Waals surface area (Å²) in [4.78, 5) is 11.4. The van der Waals surface area contributed by atoms with Gasteiger partial charge in [-0.1, -0.05) is 6.92 Å². The summed E-state index contributed by atoms with van der Waals surface area (Å²) < 4.78 is 52.8. The smallest absolute Gasteiger partial charge is 0.261 e. The Hall–Kier alpha value is -2.13. The molecule has 0 unspecified atom stereocenters. The average molecular weight is 400 g/mol. The minimum atomic E-state index is -4.05. The molecule has 0 aliphatic rings. The molecular formula is C17H18F2N2O3S2. The van der Waals surface area contributed by atoms with Crippen LogP contribution in [-0.2, 0) is 14.8 Å². The van der Waals surface area contributed by atoms with Crippen LogP contribution >= 0.6 is 11.8 Å². The topological polar surface area (TPSA) is 75.3 Å². The van der Waals surface area contributed by atoms with Crippen LogP contribution in [0, 0.1) is 11.6 Å². The van der Waals surface area contributed by atoms with Crippen molar-refractivity contribution in [2.45, 2.75) is 18.2 Å². The minimum absolute atomic E-state index is 0.124. The summed E-state index contributed by atoms with van der Waals surface area (Å²) in [7, 11) is -4.05. The maximum Gasteiger partial charge on any atom is 0.261 e. The van der Waals surface area contributed by atoms with Gasteiger partial charge in [0.2, 0.25) is 5.91 Å². The molecule has 1 amide bonds. The van der Waals surface area contributed by atoms with Gasteiger partial charge in [-0.3, -0.25) is 9.52 Å². The lowest BCUT2D eigenvalue weighted by molar-refractivity contribution is -0.115. The number of benzene rings is 2. The van der Waals surface area contributed by atoms with Gasteiger partial charge in [0.25, 0.3) is 10.0 Å². The summed E-state index contributed by atoms with van der Waals surface area (Å²) in [5.74, 6) is -0.816. The van der Waals surface area contributed by atoms with Crippen molar-refractivity contribution in [3.05, 3.63) is 54.1 Å². The van der Waals surface area contributed by atoms with Crippen LogP contribution in [0.1, 0.15) is 13.3 Å². The summed E-state index contributed by atoms with van der Waals surface area (Å²) in [5, 5.41) is 2.72. The highest BCUT2D eigenvalue weighted by Gasteiger charge is 2.16. The number of sulfonamides is 1. The molecule has 0 aromatic heterocycles. The first-order valence-electron chi connectivity index (χ1n) is 7.77. The van der Waals surface area contributed by atoms with Crippen molar-refractivity contribution >= 4 is 39.1 Å². The second-order valence-corrected chi connectivity index (χ2v) is 8.33. The van der Waals surface area contributed by atoms with Gasteiger partial charge in [-0.15, -0.1) is 0 Å². The van der Waals surface area contributed by atoms with E-state index in [2.05, 4.69) is 10.0 Å². The SMILES string of the molecule is CCSCCC(=O)Nc1ccc(NS(=O)(=O)c2ccc(F)c(F)c2)cc1. The van der Waals surface area contributed by atoms with E-state index in [0.717, 1.165) is 23.6 Å². The predicted octanol–water partition coefficient (Wildman–Crippen LogP) is 3.85. The molecule has 2 aromatic rings. The molecule has 9 heteroatoms. The standard InChI is InChI=1S/C17H18F2N2O3S2/c1-2-25-10-9-17(22)20-12-3-5-13(6-4-12)21-26(23,24)14-7-8-15(18)16(19)11-14/h3-8,11,21H,2,9-10H2,1H3,(H,20,22). The monoisotopic (exact) mass is 400 g/mol. The molecule has 0 heterocycles. The fourth-order valence-corrected chi connectivity index (χ4v) is 3.70. The number of carbonyl (C=O) groups is 1. The third kappa shape index (κ3) is 5.70. The Bertz CT molecular complexity index is 872. The molecule has 0 saturated carbocycles. The zero-order valence-corrected chi connectivity index (χ0v) is 15.6. The number of carbonyl (C=O) groups excluding carboxylic acids is 1. The molecular weight excluding hydrogens is 382 g/mol. The van der Waals surface area contributed by atoms with Gasteiger partial charge in [0.15, 0.2) is 11.6 Å². The molecule has 0 fully saturated rings. The number of hydrogen-bond donors (Lipinski definition) is 2. The molecule has 140 valence electrons. The first kappa shape index (κ1) is 20.2. The zero-order valence-electron chi connectivity index (χ0n) is 14.0. The van der Waals surface area contributed by atoms with Gasteiger partial charge in [0, 0.05) is 23.5 Å². The first-order chi connectivity index (χ1) is 12.3. The van der Waals surface area contributed by atoms with E-state index < -0.39 is 21.7 Å². The Morgan fingerprint density at radius 2 is 1.69 bits per heavy atom. The van der Waals surface area contributed by atoms with Crippen LogP contribution in [0.25, 0.3) is 0 Å². The molecule has 0 spiro atoms. The molecule has 2 rings (SSSR count). The zero-order chi connectivity index (χ0) is 19.2. The molecule has 0 saturated heterocycles. The Kier molecular flexibility index (Phi) is 6.98. The van der Waals surface area contributed by atoms with E-state index in [9.17, 15) is 22.0 Å². The quantitative estimate of drug-likeness (QED) is 0.660. The molecule has 2 aromatic carbocycles. The highest BCUT2D eigenvalue weighted by molar-refractivity contribution is 7.99. The van der Waals surface area contributed by atoms with Gasteiger partial charge < -0.3 is 5.32 Å². The summed E-state index contributed by atoms with van der Waals surface area (Å²) in [6, 6.07) is 8.37. The summed E-state index contributed by atoms with van der Waals surface area (Å²) in [6.07, 6.45) is 0.392. The average Bonchev–Trinajstić information content (AvgIpc) is 2.59. The van der Waals surface area contributed by atoms with Crippen molar-refractivity contribution in [3.63, 3.8) is 0 Å². The maximum atomic E-state index is 13.2. The lowest BCUT2D eigenvalue weighted by atomic mass is 10.3. The first-order valence-corrected chi connectivity index (χ1v) is 10.4. The number of nitrogens with one attached hydrogen (secondary N) is 2. The molecule has 0 bridgehead atoms. The van der Waals surface area contributed by atoms with Crippen LogP contribution in [0.2, 0.25) is 0 Å². The number of rotatable bonds is 8. The van der Waals surface area contributed by atoms with E-state index >= 15 is 0 Å². The van der Waals surface area contributed by atoms with Crippen LogP contribution in [0.15, 0.2) is 47.4 Å². The van der Waals surface area contributed by atoms with Crippen LogP contribution in [0.3, 0.4) is 0 Å². The van der Waals surface area contributed by atoms with Crippen molar-refractivity contribution in [2.75, 3.05) is 21.5 Å². The van der Waals surface area contributed by atoms with Crippen LogP contribution in [-0.4, -0.2) is 25.8 Å². The van der Waals surface area contributed by atoms with Gasteiger partial charge in [-0.05, 0) is 48.2 Å². The van der Waals surface area contributed by atoms with Gasteiger partial charge in [-0.2, -0.15) is 11.8 Å². The van der Waals surface area contributed by atoms with E-state index in [-0.39, 0.29) is 16.5 Å². The molecule has 26 heavy (non-hydrogen) atoms. The van der Waals surface area contributed by atoms with Gasteiger partial charge in [0.05, 0.1) is 4.90 Å². The molecule has 2 N–H and O–H groups in total. The summed E-state index contributed by atoms with van der Waals surface area (Å²) in [5.41, 5.74) is 0.765. The Morgan fingerprint density at radius 3 is 2.31 bits per heavy atom. The fraction of sp³-hybridized carbons (Fsp3) is 0.235. The molecule has 5 nitrogen and oxygen atoms in total. The van der Waals surface area contributed by atoms with Gasteiger partial charge >= 0.3 is 0 Å². The third-order valence-corrected chi connectivity index (χ3v) is 5.58. The second-order valence-electron chi connectivity index (χ2n) is 5.25. The number of thioether (sulfide) groups is 1. The van der Waals surface area contributed by atoms with E-state index in [1.807, 2.05) is 6.92 Å². The Balaban J connectivity index is 2.01. The second kappa shape index (κ2) is 9.00. The van der Waals surface area contributed by atoms with E-state index in [4.69, 9.17) is 0 Å². The number of anilines is 2. The normalized spacial score (nSPS) is 11.2. The summed E-state index contributed by atoms with van der Waals surface area (Å²) >= 11 is 1.67. The van der Waals surface area contributed by atoms with Gasteiger partial charge in [0.1, 0.15) is 0 Å². The molecule has 0 atom stereocenters. The number of hydrogen-bond acceptors (Lipinski definition) is 4. The highest BCUT2D eigenvalue weighted by atomic mass is 32.2. The van der Waals surface area contributed by atoms with Crippen molar-refractivity contribution in [2.24, 2.45) is 0 Å². The van der Waals surface area contributed by atoms with Crippen molar-refractivity contribution in [1.82, 2.24) is 0 Å². The third-order valence-electron chi connectivity index (χ3n) is 3.30. The molecule has 0 aliphatic carbocycles.